The fourth-order valence-corrected chi connectivity index (χ4v) is 1.42. The van der Waals surface area contributed by atoms with Gasteiger partial charge in [-0.25, -0.2) is 0 Å². The van der Waals surface area contributed by atoms with E-state index in [1.807, 2.05) is 31.2 Å². The molecule has 88 valence electrons. The molecule has 0 aliphatic rings. The Balaban J connectivity index is 2.85. The molecule has 0 bridgehead atoms. The summed E-state index contributed by atoms with van der Waals surface area (Å²) in [5.41, 5.74) is 7.45. The second kappa shape index (κ2) is 6.47. The van der Waals surface area contributed by atoms with Crippen molar-refractivity contribution in [2.75, 3.05) is 18.0 Å². The van der Waals surface area contributed by atoms with Gasteiger partial charge < -0.3 is 10.6 Å². The predicted molar refractivity (Wildman–Crippen MR) is 64.9 cm³/mol. The minimum absolute atomic E-state index is 0.0653. The van der Waals surface area contributed by atoms with Crippen molar-refractivity contribution in [1.29, 1.82) is 10.5 Å². The van der Waals surface area contributed by atoms with Crippen LogP contribution < -0.4 is 10.6 Å². The van der Waals surface area contributed by atoms with E-state index in [0.29, 0.717) is 0 Å². The number of hydrogen-bond donors (Lipinski definition) is 1. The summed E-state index contributed by atoms with van der Waals surface area (Å²) in [6.07, 6.45) is 2.48. The van der Waals surface area contributed by atoms with E-state index in [1.165, 1.54) is 0 Å². The topological polar surface area (TPSA) is 89.7 Å². The van der Waals surface area contributed by atoms with Gasteiger partial charge in [0.1, 0.15) is 13.1 Å². The fourth-order valence-electron chi connectivity index (χ4n) is 1.42. The number of anilines is 1. The van der Waals surface area contributed by atoms with Crippen LogP contribution in [0.2, 0.25) is 0 Å². The Morgan fingerprint density at radius 2 is 2.00 bits per heavy atom. The van der Waals surface area contributed by atoms with Gasteiger partial charge in [0.15, 0.2) is 0 Å². The van der Waals surface area contributed by atoms with Crippen LogP contribution in [0.3, 0.4) is 0 Å². The lowest BCUT2D eigenvalue weighted by molar-refractivity contribution is 0.675. The lowest BCUT2D eigenvalue weighted by atomic mass is 10.1. The van der Waals surface area contributed by atoms with E-state index in [1.54, 1.807) is 11.1 Å². The number of nitrogens with two attached hydrogens (primary N) is 1. The van der Waals surface area contributed by atoms with E-state index in [4.69, 9.17) is 16.3 Å². The summed E-state index contributed by atoms with van der Waals surface area (Å²) >= 11 is 0. The predicted octanol–water partition coefficient (Wildman–Crippen LogP) is 1.34. The van der Waals surface area contributed by atoms with Gasteiger partial charge in [-0.3, -0.25) is 4.98 Å². The average Bonchev–Trinajstić information content (AvgIpc) is 2.38. The molecule has 0 aliphatic heterocycles. The van der Waals surface area contributed by atoms with Gasteiger partial charge in [-0.2, -0.15) is 10.5 Å². The van der Waals surface area contributed by atoms with Crippen molar-refractivity contribution in [1.82, 2.24) is 4.98 Å². The van der Waals surface area contributed by atoms with Crippen LogP contribution in [0.5, 0.6) is 0 Å². The van der Waals surface area contributed by atoms with Gasteiger partial charge in [0, 0.05) is 6.04 Å². The fraction of sp³-hybridized carbons (Fsp3) is 0.417. The maximum absolute atomic E-state index is 8.66. The number of rotatable bonds is 5. The monoisotopic (exact) mass is 229 g/mol. The molecule has 5 heteroatoms. The largest absolute Gasteiger partial charge is 0.344 e. The highest BCUT2D eigenvalue weighted by Gasteiger charge is 2.08. The Kier molecular flexibility index (Phi) is 4.93. The van der Waals surface area contributed by atoms with Crippen LogP contribution >= 0.6 is 0 Å². The summed E-state index contributed by atoms with van der Waals surface area (Å²) in [4.78, 5) is 5.91. The molecule has 1 rings (SSSR count). The number of nitriles is 2. The summed E-state index contributed by atoms with van der Waals surface area (Å²) in [5.74, 6) is 0. The quantitative estimate of drug-likeness (QED) is 0.769. The van der Waals surface area contributed by atoms with Crippen LogP contribution in [0.25, 0.3) is 0 Å². The first-order valence-corrected chi connectivity index (χ1v) is 5.43. The Morgan fingerprint density at radius 1 is 1.35 bits per heavy atom. The van der Waals surface area contributed by atoms with E-state index in [9.17, 15) is 0 Å². The SMILES string of the molecule is CC[C@@H](N)c1ccc(N(CC#N)CC#N)cn1. The zero-order chi connectivity index (χ0) is 12.7. The van der Waals surface area contributed by atoms with E-state index in [-0.39, 0.29) is 19.1 Å². The second-order valence-corrected chi connectivity index (χ2v) is 3.63. The van der Waals surface area contributed by atoms with Crippen molar-refractivity contribution in [2.45, 2.75) is 19.4 Å². The van der Waals surface area contributed by atoms with Gasteiger partial charge in [0.05, 0.1) is 29.7 Å². The Morgan fingerprint density at radius 3 is 2.41 bits per heavy atom. The number of hydrogen-bond acceptors (Lipinski definition) is 5. The van der Waals surface area contributed by atoms with Crippen molar-refractivity contribution in [3.63, 3.8) is 0 Å². The molecular weight excluding hydrogens is 214 g/mol. The first-order valence-electron chi connectivity index (χ1n) is 5.43. The number of nitrogens with zero attached hydrogens (tertiary/aromatic N) is 4. The molecule has 1 aromatic rings. The highest BCUT2D eigenvalue weighted by atomic mass is 15.1. The molecule has 5 nitrogen and oxygen atoms in total. The molecule has 17 heavy (non-hydrogen) atoms. The van der Waals surface area contributed by atoms with Crippen molar-refractivity contribution in [3.05, 3.63) is 24.0 Å². The van der Waals surface area contributed by atoms with Crippen LogP contribution in [0.15, 0.2) is 18.3 Å². The lowest BCUT2D eigenvalue weighted by Gasteiger charge is -2.18. The van der Waals surface area contributed by atoms with Crippen LogP contribution in [-0.4, -0.2) is 18.1 Å². The summed E-state index contributed by atoms with van der Waals surface area (Å²) in [7, 11) is 0. The van der Waals surface area contributed by atoms with Crippen LogP contribution in [0.4, 0.5) is 5.69 Å². The molecule has 1 aromatic heterocycles. The molecule has 0 radical (unpaired) electrons. The third-order valence-corrected chi connectivity index (χ3v) is 2.48. The highest BCUT2D eigenvalue weighted by Crippen LogP contribution is 2.16. The third kappa shape index (κ3) is 3.44. The van der Waals surface area contributed by atoms with Crippen LogP contribution in [-0.2, 0) is 0 Å². The van der Waals surface area contributed by atoms with Crippen molar-refractivity contribution in [2.24, 2.45) is 5.73 Å². The van der Waals surface area contributed by atoms with Gasteiger partial charge in [-0.15, -0.1) is 0 Å². The van der Waals surface area contributed by atoms with Crippen molar-refractivity contribution >= 4 is 5.69 Å². The highest BCUT2D eigenvalue weighted by molar-refractivity contribution is 5.46. The Hall–Kier alpha value is -2.11. The maximum atomic E-state index is 8.66. The molecule has 0 saturated carbocycles. The molecule has 1 heterocycles. The third-order valence-electron chi connectivity index (χ3n) is 2.48. The van der Waals surface area contributed by atoms with Crippen LogP contribution in [0.1, 0.15) is 25.1 Å². The zero-order valence-electron chi connectivity index (χ0n) is 9.80. The average molecular weight is 229 g/mol. The van der Waals surface area contributed by atoms with Gasteiger partial charge in [0.2, 0.25) is 0 Å². The molecular formula is C12H15N5. The van der Waals surface area contributed by atoms with Crippen LogP contribution in [0, 0.1) is 22.7 Å². The minimum Gasteiger partial charge on any atom is -0.344 e. The van der Waals surface area contributed by atoms with E-state index < -0.39 is 0 Å². The number of aromatic nitrogens is 1. The summed E-state index contributed by atoms with van der Waals surface area (Å²) in [5, 5.41) is 17.3. The summed E-state index contributed by atoms with van der Waals surface area (Å²) < 4.78 is 0. The number of pyridine rings is 1. The first kappa shape index (κ1) is 13.0. The van der Waals surface area contributed by atoms with E-state index in [2.05, 4.69) is 4.98 Å². The van der Waals surface area contributed by atoms with Crippen molar-refractivity contribution < 1.29 is 0 Å². The summed E-state index contributed by atoms with van der Waals surface area (Å²) in [6, 6.07) is 7.66. The standard InChI is InChI=1S/C12H15N5/c1-2-11(15)12-4-3-10(9-16-12)17(7-5-13)8-6-14/h3-4,9,11H,2,7-8,15H2,1H3/t11-/m1/s1. The molecule has 2 N–H and O–H groups in total. The van der Waals surface area contributed by atoms with Gasteiger partial charge in [0.25, 0.3) is 0 Å². The van der Waals surface area contributed by atoms with E-state index in [0.717, 1.165) is 17.8 Å². The Bertz CT molecular complexity index is 410. The molecule has 0 spiro atoms. The van der Waals surface area contributed by atoms with Gasteiger partial charge in [-0.05, 0) is 18.6 Å². The molecule has 0 aliphatic carbocycles. The van der Waals surface area contributed by atoms with Gasteiger partial charge in [-0.1, -0.05) is 6.92 Å². The maximum Gasteiger partial charge on any atom is 0.107 e. The molecule has 0 amide bonds. The minimum atomic E-state index is -0.0653. The lowest BCUT2D eigenvalue weighted by Crippen LogP contribution is -2.24. The molecule has 0 unspecified atom stereocenters. The molecule has 0 saturated heterocycles. The first-order chi connectivity index (χ1) is 8.22. The smallest absolute Gasteiger partial charge is 0.107 e. The van der Waals surface area contributed by atoms with Gasteiger partial charge >= 0.3 is 0 Å². The second-order valence-electron chi connectivity index (χ2n) is 3.63. The van der Waals surface area contributed by atoms with Crippen molar-refractivity contribution in [3.8, 4) is 12.1 Å². The Labute approximate surface area is 101 Å². The van der Waals surface area contributed by atoms with E-state index >= 15 is 0 Å². The summed E-state index contributed by atoms with van der Waals surface area (Å²) in [6.45, 7) is 2.35. The zero-order valence-corrected chi connectivity index (χ0v) is 9.80. The molecule has 1 atom stereocenters. The molecule has 0 aromatic carbocycles. The normalized spacial score (nSPS) is 11.3. The molecule has 0 fully saturated rings.